The Morgan fingerprint density at radius 3 is 1.66 bits per heavy atom. The first-order valence-electron chi connectivity index (χ1n) is 8.35. The lowest BCUT2D eigenvalue weighted by molar-refractivity contribution is -0.131. The van der Waals surface area contributed by atoms with Gasteiger partial charge in [0.25, 0.3) is 0 Å². The number of alkyl halides is 4. The number of para-hydroxylation sites is 2. The SMILES string of the molecule is O=P(Oc1ccccc1)(Oc1ccccc1)Oc1cccc([C@H](Cl)C(F)(F)F)c1. The number of phosphoric ester groups is 1. The second-order valence-corrected chi connectivity index (χ2v) is 7.70. The summed E-state index contributed by atoms with van der Waals surface area (Å²) in [4.78, 5) is 0. The molecule has 0 fully saturated rings. The maximum atomic E-state index is 13.3. The van der Waals surface area contributed by atoms with Gasteiger partial charge in [0, 0.05) is 0 Å². The van der Waals surface area contributed by atoms with Gasteiger partial charge >= 0.3 is 14.0 Å². The van der Waals surface area contributed by atoms with E-state index in [0.29, 0.717) is 0 Å². The Kier molecular flexibility index (Phi) is 6.40. The fourth-order valence-electron chi connectivity index (χ4n) is 2.32. The molecule has 3 aromatic carbocycles. The van der Waals surface area contributed by atoms with E-state index in [2.05, 4.69) is 0 Å². The summed E-state index contributed by atoms with van der Waals surface area (Å²) in [6.45, 7) is 0. The molecule has 0 radical (unpaired) electrons. The fraction of sp³-hybridized carbons (Fsp3) is 0.100. The number of phosphoric acid groups is 1. The third-order valence-corrected chi connectivity index (χ3v) is 5.38. The second kappa shape index (κ2) is 8.80. The molecule has 0 heterocycles. The van der Waals surface area contributed by atoms with Crippen LogP contribution in [0.5, 0.6) is 17.2 Å². The van der Waals surface area contributed by atoms with Crippen molar-refractivity contribution in [3.8, 4) is 17.2 Å². The monoisotopic (exact) mass is 442 g/mol. The molecular weight excluding hydrogens is 428 g/mol. The molecule has 3 rings (SSSR count). The summed E-state index contributed by atoms with van der Waals surface area (Å²) in [5.74, 6) is 0.259. The van der Waals surface area contributed by atoms with Crippen LogP contribution in [-0.2, 0) is 4.57 Å². The lowest BCUT2D eigenvalue weighted by Crippen LogP contribution is -2.15. The summed E-state index contributed by atoms with van der Waals surface area (Å²) in [6.07, 6.45) is -4.65. The van der Waals surface area contributed by atoms with Gasteiger partial charge in [-0.2, -0.15) is 17.7 Å². The first-order chi connectivity index (χ1) is 13.8. The predicted molar refractivity (Wildman–Crippen MR) is 103 cm³/mol. The minimum absolute atomic E-state index is 0.146. The van der Waals surface area contributed by atoms with Crippen LogP contribution in [0.3, 0.4) is 0 Å². The van der Waals surface area contributed by atoms with Gasteiger partial charge in [0.15, 0.2) is 5.38 Å². The van der Waals surface area contributed by atoms with Gasteiger partial charge in [-0.15, -0.1) is 11.6 Å². The first kappa shape index (κ1) is 21.1. The van der Waals surface area contributed by atoms with Crippen molar-refractivity contribution >= 4 is 19.4 Å². The molecule has 0 aromatic heterocycles. The Labute approximate surface area is 170 Å². The van der Waals surface area contributed by atoms with E-state index < -0.39 is 19.4 Å². The highest BCUT2D eigenvalue weighted by atomic mass is 35.5. The molecule has 0 spiro atoms. The Bertz CT molecular complexity index is 938. The van der Waals surface area contributed by atoms with Crippen LogP contribution in [-0.4, -0.2) is 6.18 Å². The van der Waals surface area contributed by atoms with Crippen LogP contribution in [0.1, 0.15) is 10.9 Å². The maximum absolute atomic E-state index is 13.3. The lowest BCUT2D eigenvalue weighted by atomic mass is 10.1. The number of hydrogen-bond donors (Lipinski definition) is 0. The molecule has 0 amide bonds. The smallest absolute Gasteiger partial charge is 0.386 e. The highest BCUT2D eigenvalue weighted by Gasteiger charge is 2.40. The molecule has 152 valence electrons. The standard InChI is InChI=1S/C20H15ClF3O4P/c21-19(20(22,23)24)15-8-7-13-18(14-15)28-29(25,26-16-9-3-1-4-10-16)27-17-11-5-2-6-12-17/h1-14,19H/t19-/m0/s1. The summed E-state index contributed by atoms with van der Waals surface area (Å²) in [6, 6.07) is 21.1. The summed E-state index contributed by atoms with van der Waals surface area (Å²) >= 11 is 5.47. The largest absolute Gasteiger partial charge is 0.647 e. The molecule has 0 unspecified atom stereocenters. The Morgan fingerprint density at radius 1 is 0.724 bits per heavy atom. The third-order valence-electron chi connectivity index (χ3n) is 3.58. The molecule has 0 saturated carbocycles. The van der Waals surface area contributed by atoms with Crippen molar-refractivity contribution in [2.45, 2.75) is 11.6 Å². The zero-order chi connectivity index (χ0) is 20.9. The molecule has 4 nitrogen and oxygen atoms in total. The molecule has 3 aromatic rings. The summed E-state index contributed by atoms with van der Waals surface area (Å²) in [5, 5.41) is -2.24. The van der Waals surface area contributed by atoms with Gasteiger partial charge in [-0.3, -0.25) is 0 Å². The molecule has 0 saturated heterocycles. The third kappa shape index (κ3) is 5.92. The lowest BCUT2D eigenvalue weighted by Gasteiger charge is -2.20. The Hall–Kier alpha value is -2.63. The van der Waals surface area contributed by atoms with E-state index in [1.807, 2.05) is 0 Å². The topological polar surface area (TPSA) is 44.8 Å². The first-order valence-corrected chi connectivity index (χ1v) is 10.2. The van der Waals surface area contributed by atoms with Crippen LogP contribution >= 0.6 is 19.4 Å². The van der Waals surface area contributed by atoms with Gasteiger partial charge in [0.05, 0.1) is 0 Å². The van der Waals surface area contributed by atoms with E-state index in [4.69, 9.17) is 25.2 Å². The van der Waals surface area contributed by atoms with Crippen LogP contribution in [0.2, 0.25) is 0 Å². The highest BCUT2D eigenvalue weighted by Crippen LogP contribution is 2.50. The van der Waals surface area contributed by atoms with Crippen LogP contribution in [0.15, 0.2) is 84.9 Å². The van der Waals surface area contributed by atoms with E-state index in [1.165, 1.54) is 18.2 Å². The van der Waals surface area contributed by atoms with Crippen molar-refractivity contribution < 1.29 is 31.3 Å². The molecule has 0 aliphatic rings. The van der Waals surface area contributed by atoms with Crippen molar-refractivity contribution in [3.63, 3.8) is 0 Å². The van der Waals surface area contributed by atoms with Crippen molar-refractivity contribution in [1.82, 2.24) is 0 Å². The Morgan fingerprint density at radius 2 is 1.17 bits per heavy atom. The van der Waals surface area contributed by atoms with Gasteiger partial charge in [-0.1, -0.05) is 48.5 Å². The van der Waals surface area contributed by atoms with Crippen LogP contribution < -0.4 is 13.6 Å². The Balaban J connectivity index is 1.90. The molecule has 0 bridgehead atoms. The molecule has 0 N–H and O–H groups in total. The van der Waals surface area contributed by atoms with E-state index in [-0.39, 0.29) is 22.8 Å². The number of rotatable bonds is 7. The second-order valence-electron chi connectivity index (χ2n) is 5.82. The van der Waals surface area contributed by atoms with Crippen LogP contribution in [0, 0.1) is 0 Å². The average Bonchev–Trinajstić information content (AvgIpc) is 2.68. The minimum atomic E-state index is -4.65. The van der Waals surface area contributed by atoms with Crippen molar-refractivity contribution in [2.75, 3.05) is 0 Å². The van der Waals surface area contributed by atoms with E-state index in [9.17, 15) is 17.7 Å². The zero-order valence-corrected chi connectivity index (χ0v) is 16.4. The van der Waals surface area contributed by atoms with Gasteiger partial charge < -0.3 is 13.6 Å². The normalized spacial score (nSPS) is 12.8. The van der Waals surface area contributed by atoms with Crippen molar-refractivity contribution in [2.24, 2.45) is 0 Å². The molecule has 0 aliphatic heterocycles. The van der Waals surface area contributed by atoms with Crippen LogP contribution in [0.25, 0.3) is 0 Å². The van der Waals surface area contributed by atoms with E-state index >= 15 is 0 Å². The molecule has 29 heavy (non-hydrogen) atoms. The highest BCUT2D eigenvalue weighted by molar-refractivity contribution is 7.49. The minimum Gasteiger partial charge on any atom is -0.386 e. The molecule has 1 atom stereocenters. The summed E-state index contributed by atoms with van der Waals surface area (Å²) in [7, 11) is -4.30. The number of halogens is 4. The van der Waals surface area contributed by atoms with E-state index in [1.54, 1.807) is 60.7 Å². The maximum Gasteiger partial charge on any atom is 0.647 e. The van der Waals surface area contributed by atoms with Gasteiger partial charge in [-0.05, 0) is 42.0 Å². The summed E-state index contributed by atoms with van der Waals surface area (Å²) < 4.78 is 68.3. The summed E-state index contributed by atoms with van der Waals surface area (Å²) in [5.41, 5.74) is -0.261. The van der Waals surface area contributed by atoms with Gasteiger partial charge in [0.1, 0.15) is 17.2 Å². The van der Waals surface area contributed by atoms with Crippen molar-refractivity contribution in [3.05, 3.63) is 90.5 Å². The zero-order valence-electron chi connectivity index (χ0n) is 14.8. The van der Waals surface area contributed by atoms with Gasteiger partial charge in [0.2, 0.25) is 0 Å². The predicted octanol–water partition coefficient (Wildman–Crippen LogP) is 7.17. The number of hydrogen-bond acceptors (Lipinski definition) is 4. The van der Waals surface area contributed by atoms with Gasteiger partial charge in [-0.25, -0.2) is 0 Å². The fourth-order valence-corrected chi connectivity index (χ4v) is 3.70. The quantitative estimate of drug-likeness (QED) is 0.287. The molecular formula is C20H15ClF3O4P. The average molecular weight is 443 g/mol. The van der Waals surface area contributed by atoms with E-state index in [0.717, 1.165) is 6.07 Å². The molecule has 0 aliphatic carbocycles. The van der Waals surface area contributed by atoms with Crippen molar-refractivity contribution in [1.29, 1.82) is 0 Å². The molecule has 9 heteroatoms. The number of benzene rings is 3. The van der Waals surface area contributed by atoms with Crippen LogP contribution in [0.4, 0.5) is 13.2 Å².